The van der Waals surface area contributed by atoms with Gasteiger partial charge in [-0.1, -0.05) is 62.9 Å². The van der Waals surface area contributed by atoms with Crippen molar-refractivity contribution in [3.05, 3.63) is 35.9 Å². The maximum absolute atomic E-state index is 10.6. The molecule has 0 aliphatic carbocycles. The zero-order valence-corrected chi connectivity index (χ0v) is 12.0. The molecular formula is C17H26O2. The second kappa shape index (κ2) is 9.60. The lowest BCUT2D eigenvalue weighted by Crippen LogP contribution is -2.02. The van der Waals surface area contributed by atoms with Crippen LogP contribution >= 0.6 is 0 Å². The molecule has 1 unspecified atom stereocenters. The zero-order valence-electron chi connectivity index (χ0n) is 12.0. The van der Waals surface area contributed by atoms with Crippen molar-refractivity contribution in [1.29, 1.82) is 0 Å². The Bertz CT molecular complexity index is 346. The summed E-state index contributed by atoms with van der Waals surface area (Å²) in [4.78, 5) is 10.6. The maximum atomic E-state index is 10.6. The number of benzene rings is 1. The van der Waals surface area contributed by atoms with Crippen LogP contribution in [0.4, 0.5) is 0 Å². The minimum atomic E-state index is -0.683. The number of hydrogen-bond acceptors (Lipinski definition) is 1. The molecule has 0 bridgehead atoms. The molecule has 19 heavy (non-hydrogen) atoms. The van der Waals surface area contributed by atoms with E-state index in [4.69, 9.17) is 5.11 Å². The molecule has 0 aromatic heterocycles. The Hall–Kier alpha value is -1.31. The van der Waals surface area contributed by atoms with E-state index in [9.17, 15) is 4.79 Å². The molecule has 0 fully saturated rings. The fourth-order valence-corrected chi connectivity index (χ4v) is 2.52. The van der Waals surface area contributed by atoms with Crippen molar-refractivity contribution in [3.63, 3.8) is 0 Å². The second-order valence-corrected chi connectivity index (χ2v) is 5.24. The molecule has 0 radical (unpaired) electrons. The SMILES string of the molecule is CCCCCCC(CCCC(=O)O)c1ccccc1. The van der Waals surface area contributed by atoms with Gasteiger partial charge in [0.15, 0.2) is 0 Å². The van der Waals surface area contributed by atoms with Gasteiger partial charge in [0.1, 0.15) is 0 Å². The van der Waals surface area contributed by atoms with E-state index in [1.165, 1.54) is 37.7 Å². The summed E-state index contributed by atoms with van der Waals surface area (Å²) in [7, 11) is 0. The summed E-state index contributed by atoms with van der Waals surface area (Å²) in [5.74, 6) is -0.157. The van der Waals surface area contributed by atoms with Crippen LogP contribution in [0.25, 0.3) is 0 Å². The normalized spacial score (nSPS) is 12.3. The average molecular weight is 262 g/mol. The Morgan fingerprint density at radius 3 is 2.37 bits per heavy atom. The lowest BCUT2D eigenvalue weighted by atomic mass is 9.88. The van der Waals surface area contributed by atoms with Crippen LogP contribution in [0.1, 0.15) is 69.8 Å². The van der Waals surface area contributed by atoms with Gasteiger partial charge in [-0.3, -0.25) is 4.79 Å². The fourth-order valence-electron chi connectivity index (χ4n) is 2.52. The van der Waals surface area contributed by atoms with Gasteiger partial charge in [-0.2, -0.15) is 0 Å². The predicted octanol–water partition coefficient (Wildman–Crippen LogP) is 5.00. The molecule has 1 rings (SSSR count). The molecule has 0 amide bonds. The fraction of sp³-hybridized carbons (Fsp3) is 0.588. The molecule has 106 valence electrons. The van der Waals surface area contributed by atoms with Gasteiger partial charge < -0.3 is 5.11 Å². The lowest BCUT2D eigenvalue weighted by Gasteiger charge is -2.17. The Kier molecular flexibility index (Phi) is 7.95. The van der Waals surface area contributed by atoms with E-state index in [0.29, 0.717) is 5.92 Å². The minimum Gasteiger partial charge on any atom is -0.481 e. The van der Waals surface area contributed by atoms with E-state index in [-0.39, 0.29) is 6.42 Å². The van der Waals surface area contributed by atoms with Gasteiger partial charge in [0.2, 0.25) is 0 Å². The zero-order chi connectivity index (χ0) is 13.9. The summed E-state index contributed by atoms with van der Waals surface area (Å²) in [5, 5.41) is 8.74. The van der Waals surface area contributed by atoms with Crippen LogP contribution in [-0.2, 0) is 4.79 Å². The van der Waals surface area contributed by atoms with E-state index in [1.54, 1.807) is 0 Å². The molecule has 0 saturated carbocycles. The largest absolute Gasteiger partial charge is 0.481 e. The van der Waals surface area contributed by atoms with E-state index in [0.717, 1.165) is 12.8 Å². The summed E-state index contributed by atoms with van der Waals surface area (Å²) in [5.41, 5.74) is 1.37. The summed E-state index contributed by atoms with van der Waals surface area (Å²) < 4.78 is 0. The van der Waals surface area contributed by atoms with E-state index >= 15 is 0 Å². The smallest absolute Gasteiger partial charge is 0.303 e. The van der Waals surface area contributed by atoms with Crippen LogP contribution in [0.5, 0.6) is 0 Å². The number of unbranched alkanes of at least 4 members (excludes halogenated alkanes) is 3. The number of rotatable bonds is 10. The van der Waals surface area contributed by atoms with Crippen LogP contribution in [-0.4, -0.2) is 11.1 Å². The number of carboxylic acids is 1. The van der Waals surface area contributed by atoms with Crippen molar-refractivity contribution < 1.29 is 9.90 Å². The van der Waals surface area contributed by atoms with Gasteiger partial charge >= 0.3 is 5.97 Å². The molecule has 1 N–H and O–H groups in total. The third-order valence-corrected chi connectivity index (χ3v) is 3.62. The Morgan fingerprint density at radius 2 is 1.74 bits per heavy atom. The molecule has 2 nitrogen and oxygen atoms in total. The standard InChI is InChI=1S/C17H26O2/c1-2-3-4-6-10-16(13-9-14-17(18)19)15-11-7-5-8-12-15/h5,7-8,11-12,16H,2-4,6,9-10,13-14H2,1H3,(H,18,19). The van der Waals surface area contributed by atoms with Gasteiger partial charge in [0.05, 0.1) is 0 Å². The summed E-state index contributed by atoms with van der Waals surface area (Å²) in [6.45, 7) is 2.22. The molecule has 1 aromatic rings. The predicted molar refractivity (Wildman–Crippen MR) is 79.4 cm³/mol. The Balaban J connectivity index is 2.45. The van der Waals surface area contributed by atoms with Crippen LogP contribution in [0.3, 0.4) is 0 Å². The van der Waals surface area contributed by atoms with Crippen molar-refractivity contribution >= 4 is 5.97 Å². The number of aliphatic carboxylic acids is 1. The summed E-state index contributed by atoms with van der Waals surface area (Å²) in [6, 6.07) is 10.5. The first-order valence-electron chi connectivity index (χ1n) is 7.50. The van der Waals surface area contributed by atoms with E-state index in [1.807, 2.05) is 6.07 Å². The molecule has 1 atom stereocenters. The van der Waals surface area contributed by atoms with Crippen LogP contribution in [0.15, 0.2) is 30.3 Å². The van der Waals surface area contributed by atoms with Crippen LogP contribution in [0, 0.1) is 0 Å². The minimum absolute atomic E-state index is 0.290. The van der Waals surface area contributed by atoms with Crippen molar-refractivity contribution in [2.45, 2.75) is 64.2 Å². The third kappa shape index (κ3) is 7.00. The van der Waals surface area contributed by atoms with Crippen molar-refractivity contribution in [1.82, 2.24) is 0 Å². The average Bonchev–Trinajstić information content (AvgIpc) is 2.42. The molecular weight excluding hydrogens is 236 g/mol. The van der Waals surface area contributed by atoms with Gasteiger partial charge in [-0.05, 0) is 30.7 Å². The highest BCUT2D eigenvalue weighted by molar-refractivity contribution is 5.66. The molecule has 2 heteroatoms. The first kappa shape index (κ1) is 15.7. The quantitative estimate of drug-likeness (QED) is 0.603. The van der Waals surface area contributed by atoms with E-state index in [2.05, 4.69) is 31.2 Å². The van der Waals surface area contributed by atoms with Gasteiger partial charge in [0, 0.05) is 6.42 Å². The van der Waals surface area contributed by atoms with Crippen molar-refractivity contribution in [3.8, 4) is 0 Å². The summed E-state index contributed by atoms with van der Waals surface area (Å²) in [6.07, 6.45) is 8.35. The highest BCUT2D eigenvalue weighted by atomic mass is 16.4. The Morgan fingerprint density at radius 1 is 1.05 bits per heavy atom. The lowest BCUT2D eigenvalue weighted by molar-refractivity contribution is -0.137. The van der Waals surface area contributed by atoms with Crippen LogP contribution in [0.2, 0.25) is 0 Å². The molecule has 0 spiro atoms. The first-order valence-corrected chi connectivity index (χ1v) is 7.50. The number of carboxylic acid groups (broad SMARTS) is 1. The van der Waals surface area contributed by atoms with Crippen LogP contribution < -0.4 is 0 Å². The monoisotopic (exact) mass is 262 g/mol. The van der Waals surface area contributed by atoms with Gasteiger partial charge in [0.25, 0.3) is 0 Å². The van der Waals surface area contributed by atoms with E-state index < -0.39 is 5.97 Å². The molecule has 0 aliphatic heterocycles. The first-order chi connectivity index (χ1) is 9.24. The molecule has 0 aliphatic rings. The Labute approximate surface area is 116 Å². The van der Waals surface area contributed by atoms with Gasteiger partial charge in [-0.25, -0.2) is 0 Å². The number of carbonyl (C=O) groups is 1. The highest BCUT2D eigenvalue weighted by Gasteiger charge is 2.11. The summed E-state index contributed by atoms with van der Waals surface area (Å²) >= 11 is 0. The van der Waals surface area contributed by atoms with Crippen molar-refractivity contribution in [2.24, 2.45) is 0 Å². The molecule has 1 aromatic carbocycles. The highest BCUT2D eigenvalue weighted by Crippen LogP contribution is 2.27. The molecule has 0 saturated heterocycles. The topological polar surface area (TPSA) is 37.3 Å². The third-order valence-electron chi connectivity index (χ3n) is 3.62. The molecule has 0 heterocycles. The maximum Gasteiger partial charge on any atom is 0.303 e. The van der Waals surface area contributed by atoms with Crippen molar-refractivity contribution in [2.75, 3.05) is 0 Å². The number of hydrogen-bond donors (Lipinski definition) is 1. The van der Waals surface area contributed by atoms with Gasteiger partial charge in [-0.15, -0.1) is 0 Å². The second-order valence-electron chi connectivity index (χ2n) is 5.24.